The molecular weight excluding hydrogens is 418 g/mol. The van der Waals surface area contributed by atoms with Gasteiger partial charge in [-0.25, -0.2) is 9.48 Å². The molecule has 0 fully saturated rings. The van der Waals surface area contributed by atoms with Gasteiger partial charge < -0.3 is 14.8 Å². The molecule has 7 nitrogen and oxygen atoms in total. The monoisotopic (exact) mass is 441 g/mol. The van der Waals surface area contributed by atoms with E-state index >= 15 is 0 Å². The van der Waals surface area contributed by atoms with E-state index in [2.05, 4.69) is 10.4 Å². The van der Waals surface area contributed by atoms with E-state index in [1.165, 1.54) is 11.6 Å². The number of hydrogen-bond acceptors (Lipinski definition) is 5. The highest BCUT2D eigenvalue weighted by Gasteiger charge is 2.25. The summed E-state index contributed by atoms with van der Waals surface area (Å²) in [6.07, 6.45) is -1.00. The van der Waals surface area contributed by atoms with E-state index in [4.69, 9.17) is 21.1 Å². The third-order valence-electron chi connectivity index (χ3n) is 4.74. The van der Waals surface area contributed by atoms with Crippen LogP contribution in [0.25, 0.3) is 0 Å². The van der Waals surface area contributed by atoms with Crippen molar-refractivity contribution in [1.82, 2.24) is 15.1 Å². The van der Waals surface area contributed by atoms with Gasteiger partial charge in [-0.2, -0.15) is 5.10 Å². The van der Waals surface area contributed by atoms with E-state index in [9.17, 15) is 9.59 Å². The Morgan fingerprint density at radius 3 is 2.52 bits per heavy atom. The Morgan fingerprint density at radius 1 is 1.13 bits per heavy atom. The minimum atomic E-state index is -1.00. The number of carbonyl (C=O) groups excluding carboxylic acids is 2. The summed E-state index contributed by atoms with van der Waals surface area (Å²) in [4.78, 5) is 25.1. The summed E-state index contributed by atoms with van der Waals surface area (Å²) in [5.74, 6) is -0.452. The van der Waals surface area contributed by atoms with Gasteiger partial charge in [0.1, 0.15) is 16.5 Å². The maximum Gasteiger partial charge on any atom is 0.343 e. The van der Waals surface area contributed by atoms with Crippen LogP contribution in [0.15, 0.2) is 54.6 Å². The van der Waals surface area contributed by atoms with Gasteiger partial charge in [0, 0.05) is 12.1 Å². The molecule has 162 valence electrons. The molecule has 31 heavy (non-hydrogen) atoms. The van der Waals surface area contributed by atoms with Crippen molar-refractivity contribution in [3.8, 4) is 5.75 Å². The molecule has 1 unspecified atom stereocenters. The number of amides is 1. The summed E-state index contributed by atoms with van der Waals surface area (Å²) in [5, 5.41) is 7.26. The maximum atomic E-state index is 12.7. The van der Waals surface area contributed by atoms with Crippen LogP contribution in [0.2, 0.25) is 5.15 Å². The highest BCUT2D eigenvalue weighted by Crippen LogP contribution is 2.22. The fourth-order valence-electron chi connectivity index (χ4n) is 3.09. The minimum absolute atomic E-state index is 0.155. The Bertz CT molecular complexity index is 1070. The number of nitrogens with zero attached hydrogens (tertiary/aromatic N) is 2. The van der Waals surface area contributed by atoms with Crippen molar-refractivity contribution >= 4 is 23.5 Å². The van der Waals surface area contributed by atoms with Crippen LogP contribution in [0.3, 0.4) is 0 Å². The van der Waals surface area contributed by atoms with E-state index in [1.54, 1.807) is 14.0 Å². The van der Waals surface area contributed by atoms with Gasteiger partial charge in [0.25, 0.3) is 5.91 Å². The average Bonchev–Trinajstić information content (AvgIpc) is 3.05. The molecular formula is C23H24ClN3O4. The maximum absolute atomic E-state index is 12.7. The SMILES string of the molecule is COc1ccccc1CNC(=O)C(C)OC(=O)c1c(C)nn(Cc2ccccc2)c1Cl. The third-order valence-corrected chi connectivity index (χ3v) is 5.13. The van der Waals surface area contributed by atoms with Gasteiger partial charge in [0.05, 0.1) is 19.3 Å². The van der Waals surface area contributed by atoms with Gasteiger partial charge in [-0.1, -0.05) is 60.1 Å². The number of hydrogen-bond donors (Lipinski definition) is 1. The number of rotatable bonds is 8. The summed E-state index contributed by atoms with van der Waals surface area (Å²) in [6, 6.07) is 17.0. The number of aromatic nitrogens is 2. The first-order valence-corrected chi connectivity index (χ1v) is 10.2. The average molecular weight is 442 g/mol. The number of aryl methyl sites for hydroxylation is 1. The van der Waals surface area contributed by atoms with Gasteiger partial charge in [-0.05, 0) is 25.5 Å². The highest BCUT2D eigenvalue weighted by atomic mass is 35.5. The first-order chi connectivity index (χ1) is 14.9. The zero-order valence-electron chi connectivity index (χ0n) is 17.6. The zero-order valence-corrected chi connectivity index (χ0v) is 18.3. The Labute approximate surface area is 185 Å². The predicted octanol–water partition coefficient (Wildman–Crippen LogP) is 3.76. The van der Waals surface area contributed by atoms with Crippen LogP contribution in [-0.2, 0) is 22.6 Å². The molecule has 1 atom stereocenters. The molecule has 0 bridgehead atoms. The fraction of sp³-hybridized carbons (Fsp3) is 0.261. The van der Waals surface area contributed by atoms with E-state index < -0.39 is 18.0 Å². The van der Waals surface area contributed by atoms with Crippen LogP contribution in [0.4, 0.5) is 0 Å². The molecule has 1 N–H and O–H groups in total. The van der Waals surface area contributed by atoms with Crippen LogP contribution in [-0.4, -0.2) is 34.9 Å². The molecule has 2 aromatic carbocycles. The Kier molecular flexibility index (Phi) is 7.31. The summed E-state index contributed by atoms with van der Waals surface area (Å²) in [5.41, 5.74) is 2.41. The van der Waals surface area contributed by atoms with Gasteiger partial charge in [0.15, 0.2) is 6.10 Å². The molecule has 0 aliphatic carbocycles. The molecule has 0 aliphatic heterocycles. The van der Waals surface area contributed by atoms with Crippen LogP contribution in [0.1, 0.15) is 34.1 Å². The lowest BCUT2D eigenvalue weighted by molar-refractivity contribution is -0.129. The van der Waals surface area contributed by atoms with Gasteiger partial charge in [0.2, 0.25) is 0 Å². The van der Waals surface area contributed by atoms with E-state index in [1.807, 2.05) is 54.6 Å². The second-order valence-electron chi connectivity index (χ2n) is 6.97. The molecule has 1 aromatic heterocycles. The topological polar surface area (TPSA) is 82.4 Å². The molecule has 3 aromatic rings. The lowest BCUT2D eigenvalue weighted by Gasteiger charge is -2.14. The van der Waals surface area contributed by atoms with Crippen molar-refractivity contribution in [2.75, 3.05) is 7.11 Å². The molecule has 0 spiro atoms. The molecule has 8 heteroatoms. The molecule has 0 radical (unpaired) electrons. The molecule has 0 saturated heterocycles. The number of nitrogens with one attached hydrogen (secondary N) is 1. The first kappa shape index (κ1) is 22.4. The Hall–Kier alpha value is -3.32. The number of halogens is 1. The standard InChI is InChI=1S/C23H24ClN3O4/c1-15-20(21(24)27(26-15)14-17-9-5-4-6-10-17)23(29)31-16(2)22(28)25-13-18-11-7-8-12-19(18)30-3/h4-12,16H,13-14H2,1-3H3,(H,25,28). The van der Waals surface area contributed by atoms with Crippen molar-refractivity contribution < 1.29 is 19.1 Å². The highest BCUT2D eigenvalue weighted by molar-refractivity contribution is 6.32. The van der Waals surface area contributed by atoms with Crippen molar-refractivity contribution in [1.29, 1.82) is 0 Å². The smallest absolute Gasteiger partial charge is 0.343 e. The molecule has 1 heterocycles. The van der Waals surface area contributed by atoms with Gasteiger partial charge in [-0.15, -0.1) is 0 Å². The number of para-hydroxylation sites is 1. The quantitative estimate of drug-likeness (QED) is 0.538. The number of carbonyl (C=O) groups is 2. The van der Waals surface area contributed by atoms with Crippen molar-refractivity contribution in [2.45, 2.75) is 33.0 Å². The van der Waals surface area contributed by atoms with Crippen LogP contribution < -0.4 is 10.1 Å². The van der Waals surface area contributed by atoms with Crippen LogP contribution in [0, 0.1) is 6.92 Å². The predicted molar refractivity (Wildman–Crippen MR) is 117 cm³/mol. The molecule has 0 saturated carbocycles. The molecule has 0 aliphatic rings. The van der Waals surface area contributed by atoms with Crippen molar-refractivity contribution in [3.05, 3.63) is 82.1 Å². The van der Waals surface area contributed by atoms with E-state index in [0.29, 0.717) is 18.0 Å². The van der Waals surface area contributed by atoms with Gasteiger partial charge >= 0.3 is 5.97 Å². The Balaban J connectivity index is 1.63. The summed E-state index contributed by atoms with van der Waals surface area (Å²) >= 11 is 6.40. The lowest BCUT2D eigenvalue weighted by atomic mass is 10.2. The largest absolute Gasteiger partial charge is 0.496 e. The van der Waals surface area contributed by atoms with Crippen molar-refractivity contribution in [3.63, 3.8) is 0 Å². The normalized spacial score (nSPS) is 11.6. The van der Waals surface area contributed by atoms with Gasteiger partial charge in [-0.3, -0.25) is 4.79 Å². The first-order valence-electron chi connectivity index (χ1n) is 9.78. The molecule has 1 amide bonds. The second kappa shape index (κ2) is 10.1. The number of benzene rings is 2. The minimum Gasteiger partial charge on any atom is -0.496 e. The van der Waals surface area contributed by atoms with Crippen LogP contribution in [0.5, 0.6) is 5.75 Å². The fourth-order valence-corrected chi connectivity index (χ4v) is 3.41. The Morgan fingerprint density at radius 2 is 1.81 bits per heavy atom. The number of ether oxygens (including phenoxy) is 2. The van der Waals surface area contributed by atoms with Crippen LogP contribution >= 0.6 is 11.6 Å². The lowest BCUT2D eigenvalue weighted by Crippen LogP contribution is -2.35. The van der Waals surface area contributed by atoms with E-state index in [0.717, 1.165) is 11.1 Å². The zero-order chi connectivity index (χ0) is 22.4. The summed E-state index contributed by atoms with van der Waals surface area (Å²) < 4.78 is 12.2. The summed E-state index contributed by atoms with van der Waals surface area (Å²) in [7, 11) is 1.56. The van der Waals surface area contributed by atoms with E-state index in [-0.39, 0.29) is 17.3 Å². The second-order valence-corrected chi connectivity index (χ2v) is 7.33. The summed E-state index contributed by atoms with van der Waals surface area (Å²) in [6.45, 7) is 3.85. The number of methoxy groups -OCH3 is 1. The van der Waals surface area contributed by atoms with Crippen molar-refractivity contribution in [2.24, 2.45) is 0 Å². The number of esters is 1. The third kappa shape index (κ3) is 5.44. The molecule has 3 rings (SSSR count).